The van der Waals surface area contributed by atoms with Gasteiger partial charge in [-0.1, -0.05) is 0 Å². The Hall–Kier alpha value is -1.82. The monoisotopic (exact) mass is 254 g/mol. The highest BCUT2D eigenvalue weighted by Crippen LogP contribution is 2.36. The molecule has 1 aromatic carbocycles. The van der Waals surface area contributed by atoms with E-state index in [4.69, 9.17) is 5.11 Å². The van der Waals surface area contributed by atoms with Gasteiger partial charge in [0, 0.05) is 0 Å². The Labute approximate surface area is 97.9 Å². The fourth-order valence-electron chi connectivity index (χ4n) is 1.72. The van der Waals surface area contributed by atoms with E-state index in [0.29, 0.717) is 5.56 Å². The lowest BCUT2D eigenvalue weighted by Gasteiger charge is -2.02. The van der Waals surface area contributed by atoms with Gasteiger partial charge in [0.2, 0.25) is 9.84 Å². The third kappa shape index (κ3) is 2.03. The van der Waals surface area contributed by atoms with Crippen LogP contribution in [0.3, 0.4) is 0 Å². The summed E-state index contributed by atoms with van der Waals surface area (Å²) < 4.78 is 23.9. The van der Waals surface area contributed by atoms with E-state index in [-0.39, 0.29) is 28.4 Å². The van der Waals surface area contributed by atoms with Crippen molar-refractivity contribution in [3.63, 3.8) is 0 Å². The number of carboxylic acids is 1. The highest BCUT2D eigenvalue weighted by molar-refractivity contribution is 7.95. The quantitative estimate of drug-likeness (QED) is 0.850. The minimum atomic E-state index is -3.57. The van der Waals surface area contributed by atoms with Gasteiger partial charge in [-0.3, -0.25) is 4.79 Å². The summed E-state index contributed by atoms with van der Waals surface area (Å²) in [4.78, 5) is 10.6. The Morgan fingerprint density at radius 1 is 1.29 bits per heavy atom. The first-order valence-electron chi connectivity index (χ1n) is 4.92. The van der Waals surface area contributed by atoms with Gasteiger partial charge in [0.25, 0.3) is 0 Å². The average molecular weight is 254 g/mol. The van der Waals surface area contributed by atoms with Crippen molar-refractivity contribution >= 4 is 21.9 Å². The highest BCUT2D eigenvalue weighted by atomic mass is 32.2. The number of hydrogen-bond donors (Lipinski definition) is 2. The minimum absolute atomic E-state index is 0.0188. The van der Waals surface area contributed by atoms with Crippen LogP contribution >= 0.6 is 0 Å². The number of aliphatic carboxylic acids is 1. The Morgan fingerprint density at radius 2 is 2.00 bits per heavy atom. The third-order valence-corrected chi connectivity index (χ3v) is 4.49. The molecule has 0 saturated carbocycles. The van der Waals surface area contributed by atoms with Gasteiger partial charge in [0.1, 0.15) is 5.75 Å². The van der Waals surface area contributed by atoms with Gasteiger partial charge >= 0.3 is 5.97 Å². The molecule has 0 fully saturated rings. The number of phenols is 1. The van der Waals surface area contributed by atoms with Gasteiger partial charge in [0.15, 0.2) is 0 Å². The van der Waals surface area contributed by atoms with Crippen LogP contribution in [0.2, 0.25) is 0 Å². The zero-order valence-electron chi connectivity index (χ0n) is 8.75. The summed E-state index contributed by atoms with van der Waals surface area (Å²) in [7, 11) is -3.57. The lowest BCUT2D eigenvalue weighted by atomic mass is 10.2. The Balaban J connectivity index is 2.40. The maximum Gasteiger partial charge on any atom is 0.303 e. The van der Waals surface area contributed by atoms with Crippen LogP contribution in [0.4, 0.5) is 0 Å². The van der Waals surface area contributed by atoms with E-state index in [1.54, 1.807) is 0 Å². The van der Waals surface area contributed by atoms with Crippen LogP contribution in [0.15, 0.2) is 28.0 Å². The van der Waals surface area contributed by atoms with E-state index in [1.807, 2.05) is 0 Å². The molecule has 0 spiro atoms. The number of aromatic hydroxyl groups is 1. The molecule has 0 saturated heterocycles. The second-order valence-electron chi connectivity index (χ2n) is 3.73. The van der Waals surface area contributed by atoms with Gasteiger partial charge in [-0.05, 0) is 36.3 Å². The molecule has 1 heterocycles. The number of benzene rings is 1. The SMILES string of the molecule is O=C(O)CCC1=Cc2cc(O)ccc2S1(=O)=O. The topological polar surface area (TPSA) is 91.7 Å². The molecule has 2 N–H and O–H groups in total. The number of allylic oxidation sites excluding steroid dienone is 1. The first kappa shape index (κ1) is 11.7. The molecule has 1 aromatic rings. The van der Waals surface area contributed by atoms with E-state index in [1.165, 1.54) is 24.3 Å². The van der Waals surface area contributed by atoms with Gasteiger partial charge in [-0.2, -0.15) is 0 Å². The van der Waals surface area contributed by atoms with Crippen molar-refractivity contribution in [2.45, 2.75) is 17.7 Å². The zero-order valence-corrected chi connectivity index (χ0v) is 9.57. The number of sulfone groups is 1. The minimum Gasteiger partial charge on any atom is -0.508 e. The Bertz CT molecular complexity index is 613. The molecular weight excluding hydrogens is 244 g/mol. The van der Waals surface area contributed by atoms with Gasteiger partial charge in [0.05, 0.1) is 16.2 Å². The smallest absolute Gasteiger partial charge is 0.303 e. The molecule has 0 amide bonds. The second kappa shape index (κ2) is 3.89. The molecule has 6 heteroatoms. The number of rotatable bonds is 3. The molecule has 0 radical (unpaired) electrons. The van der Waals surface area contributed by atoms with Crippen LogP contribution in [0, 0.1) is 0 Å². The molecule has 17 heavy (non-hydrogen) atoms. The molecule has 0 aliphatic carbocycles. The lowest BCUT2D eigenvalue weighted by Crippen LogP contribution is -2.03. The zero-order chi connectivity index (χ0) is 12.6. The van der Waals surface area contributed by atoms with Crippen molar-refractivity contribution in [1.29, 1.82) is 0 Å². The molecule has 1 aliphatic heterocycles. The molecule has 5 nitrogen and oxygen atoms in total. The summed E-state index contributed by atoms with van der Waals surface area (Å²) in [6, 6.07) is 3.97. The first-order valence-corrected chi connectivity index (χ1v) is 6.40. The summed E-state index contributed by atoms with van der Waals surface area (Å²) in [6.45, 7) is 0. The Morgan fingerprint density at radius 3 is 2.65 bits per heavy atom. The second-order valence-corrected chi connectivity index (χ2v) is 5.70. The molecule has 90 valence electrons. The average Bonchev–Trinajstić information content (AvgIpc) is 2.46. The largest absolute Gasteiger partial charge is 0.508 e. The third-order valence-electron chi connectivity index (χ3n) is 2.53. The molecule has 0 atom stereocenters. The predicted octanol–water partition coefficient (Wildman–Crippen LogP) is 1.39. The normalized spacial score (nSPS) is 16.4. The van der Waals surface area contributed by atoms with Crippen LogP contribution in [0.5, 0.6) is 5.75 Å². The van der Waals surface area contributed by atoms with Crippen molar-refractivity contribution in [3.05, 3.63) is 28.7 Å². The molecular formula is C11H10O5S. The van der Waals surface area contributed by atoms with Gasteiger partial charge < -0.3 is 10.2 Å². The van der Waals surface area contributed by atoms with Crippen LogP contribution < -0.4 is 0 Å². The Kier molecular flexibility index (Phi) is 2.66. The molecule has 0 bridgehead atoms. The maximum atomic E-state index is 12.0. The van der Waals surface area contributed by atoms with E-state index in [9.17, 15) is 18.3 Å². The maximum absolute atomic E-state index is 12.0. The summed E-state index contributed by atoms with van der Waals surface area (Å²) in [5.74, 6) is -1.06. The first-order chi connectivity index (χ1) is 7.91. The molecule has 0 aromatic heterocycles. The van der Waals surface area contributed by atoms with Crippen LogP contribution in [-0.2, 0) is 14.6 Å². The van der Waals surface area contributed by atoms with Crippen molar-refractivity contribution in [1.82, 2.24) is 0 Å². The predicted molar refractivity (Wildman–Crippen MR) is 60.1 cm³/mol. The highest BCUT2D eigenvalue weighted by Gasteiger charge is 2.29. The molecule has 0 unspecified atom stereocenters. The molecule has 1 aliphatic rings. The lowest BCUT2D eigenvalue weighted by molar-refractivity contribution is -0.136. The van der Waals surface area contributed by atoms with Crippen molar-refractivity contribution in [2.75, 3.05) is 0 Å². The van der Waals surface area contributed by atoms with E-state index < -0.39 is 15.8 Å². The summed E-state index contributed by atoms with van der Waals surface area (Å²) in [5, 5.41) is 17.8. The van der Waals surface area contributed by atoms with Crippen molar-refractivity contribution in [2.24, 2.45) is 0 Å². The van der Waals surface area contributed by atoms with E-state index >= 15 is 0 Å². The van der Waals surface area contributed by atoms with Crippen LogP contribution in [0.25, 0.3) is 6.08 Å². The van der Waals surface area contributed by atoms with Crippen molar-refractivity contribution in [3.8, 4) is 5.75 Å². The van der Waals surface area contributed by atoms with Gasteiger partial charge in [-0.15, -0.1) is 0 Å². The van der Waals surface area contributed by atoms with E-state index in [2.05, 4.69) is 0 Å². The summed E-state index contributed by atoms with van der Waals surface area (Å²) in [6.07, 6.45) is 1.14. The fraction of sp³-hybridized carbons (Fsp3) is 0.182. The number of carboxylic acid groups (broad SMARTS) is 1. The summed E-state index contributed by atoms with van der Waals surface area (Å²) >= 11 is 0. The van der Waals surface area contributed by atoms with Gasteiger partial charge in [-0.25, -0.2) is 8.42 Å². The number of carbonyl (C=O) groups is 1. The molecule has 2 rings (SSSR count). The fourth-order valence-corrected chi connectivity index (χ4v) is 3.33. The number of fused-ring (bicyclic) bond motifs is 1. The summed E-state index contributed by atoms with van der Waals surface area (Å²) in [5.41, 5.74) is 0.408. The number of phenolic OH excluding ortho intramolecular Hbond substituents is 1. The van der Waals surface area contributed by atoms with Crippen molar-refractivity contribution < 1.29 is 23.4 Å². The number of hydrogen-bond acceptors (Lipinski definition) is 4. The van der Waals surface area contributed by atoms with Crippen LogP contribution in [0.1, 0.15) is 18.4 Å². The standard InChI is InChI=1S/C11H10O5S/c12-8-1-3-10-7(5-8)6-9(17(10,15)16)2-4-11(13)14/h1,3,5-6,12H,2,4H2,(H,13,14). The van der Waals surface area contributed by atoms with E-state index in [0.717, 1.165) is 0 Å². The van der Waals surface area contributed by atoms with Crippen LogP contribution in [-0.4, -0.2) is 24.6 Å².